The van der Waals surface area contributed by atoms with Gasteiger partial charge in [-0.05, 0) is 47.9 Å². The number of anilines is 1. The minimum atomic E-state index is -0.214. The fourth-order valence-electron chi connectivity index (χ4n) is 3.37. The molecule has 1 aromatic heterocycles. The lowest BCUT2D eigenvalue weighted by molar-refractivity contribution is 0.354. The highest BCUT2D eigenvalue weighted by Crippen LogP contribution is 2.29. The molecule has 0 fully saturated rings. The zero-order chi connectivity index (χ0) is 22.3. The minimum Gasteiger partial charge on any atom is -0.493 e. The zero-order valence-corrected chi connectivity index (χ0v) is 18.8. The van der Waals surface area contributed by atoms with Crippen LogP contribution in [0.1, 0.15) is 11.1 Å². The van der Waals surface area contributed by atoms with Crippen LogP contribution in [-0.2, 0) is 12.2 Å². The second-order valence-electron chi connectivity index (χ2n) is 7.12. The molecule has 164 valence electrons. The van der Waals surface area contributed by atoms with Crippen LogP contribution < -0.4 is 14.8 Å². The minimum absolute atomic E-state index is 0.214. The average molecular weight is 450 g/mol. The van der Waals surface area contributed by atoms with Gasteiger partial charge in [-0.3, -0.25) is 0 Å². The molecule has 1 N–H and O–H groups in total. The van der Waals surface area contributed by atoms with Crippen LogP contribution >= 0.6 is 11.8 Å². The fraction of sp³-hybridized carbons (Fsp3) is 0.200. The summed E-state index contributed by atoms with van der Waals surface area (Å²) in [5.41, 5.74) is 2.62. The van der Waals surface area contributed by atoms with Gasteiger partial charge in [0.2, 0.25) is 0 Å². The van der Waals surface area contributed by atoms with Gasteiger partial charge in [-0.15, -0.1) is 0 Å². The van der Waals surface area contributed by atoms with Crippen LogP contribution in [0.25, 0.3) is 10.9 Å². The Hall–Kier alpha value is -3.32. The van der Waals surface area contributed by atoms with E-state index in [0.717, 1.165) is 28.7 Å². The summed E-state index contributed by atoms with van der Waals surface area (Å²) >= 11 is 1.42. The predicted molar refractivity (Wildman–Crippen MR) is 127 cm³/mol. The first-order valence-corrected chi connectivity index (χ1v) is 11.2. The molecule has 4 aromatic rings. The van der Waals surface area contributed by atoms with E-state index >= 15 is 0 Å². The molecular formula is C25H24FN3O2S. The van der Waals surface area contributed by atoms with Crippen molar-refractivity contribution in [1.82, 2.24) is 9.97 Å². The van der Waals surface area contributed by atoms with Crippen molar-refractivity contribution in [3.63, 3.8) is 0 Å². The third kappa shape index (κ3) is 5.11. The van der Waals surface area contributed by atoms with Crippen molar-refractivity contribution in [3.8, 4) is 11.5 Å². The molecule has 0 unspecified atom stereocenters. The molecule has 0 radical (unpaired) electrons. The Morgan fingerprint density at radius 3 is 2.50 bits per heavy atom. The Morgan fingerprint density at radius 2 is 1.69 bits per heavy atom. The van der Waals surface area contributed by atoms with E-state index < -0.39 is 0 Å². The van der Waals surface area contributed by atoms with Gasteiger partial charge < -0.3 is 14.8 Å². The molecule has 7 heteroatoms. The van der Waals surface area contributed by atoms with Crippen molar-refractivity contribution in [1.29, 1.82) is 0 Å². The number of benzene rings is 3. The molecular weight excluding hydrogens is 425 g/mol. The quantitative estimate of drug-likeness (QED) is 0.260. The van der Waals surface area contributed by atoms with Gasteiger partial charge in [-0.1, -0.05) is 48.2 Å². The average Bonchev–Trinajstić information content (AvgIpc) is 2.83. The molecule has 0 bridgehead atoms. The van der Waals surface area contributed by atoms with Gasteiger partial charge in [0, 0.05) is 17.7 Å². The van der Waals surface area contributed by atoms with E-state index in [4.69, 9.17) is 14.5 Å². The molecule has 1 heterocycles. The summed E-state index contributed by atoms with van der Waals surface area (Å²) in [7, 11) is 3.26. The second kappa shape index (κ2) is 10.3. The molecule has 5 nitrogen and oxygen atoms in total. The number of para-hydroxylation sites is 1. The van der Waals surface area contributed by atoms with Crippen LogP contribution in [0.5, 0.6) is 11.5 Å². The predicted octanol–water partition coefficient (Wildman–Crippen LogP) is 5.73. The molecule has 0 saturated carbocycles. The summed E-state index contributed by atoms with van der Waals surface area (Å²) < 4.78 is 24.7. The zero-order valence-electron chi connectivity index (χ0n) is 18.0. The van der Waals surface area contributed by atoms with E-state index in [2.05, 4.69) is 10.3 Å². The van der Waals surface area contributed by atoms with Gasteiger partial charge in [0.1, 0.15) is 11.6 Å². The smallest absolute Gasteiger partial charge is 0.190 e. The van der Waals surface area contributed by atoms with E-state index in [1.54, 1.807) is 26.4 Å². The van der Waals surface area contributed by atoms with Crippen LogP contribution in [0.2, 0.25) is 0 Å². The van der Waals surface area contributed by atoms with Crippen LogP contribution in [-0.4, -0.2) is 30.7 Å². The summed E-state index contributed by atoms with van der Waals surface area (Å²) in [6, 6.07) is 20.6. The molecule has 0 saturated heterocycles. The molecule has 3 aromatic carbocycles. The molecule has 0 spiro atoms. The fourth-order valence-corrected chi connectivity index (χ4v) is 4.21. The monoisotopic (exact) mass is 449 g/mol. The SMILES string of the molecule is COc1ccc(CCNc2nc(SCc3ccccc3F)nc3ccccc23)cc1OC. The highest BCUT2D eigenvalue weighted by Gasteiger charge is 2.10. The number of hydrogen-bond acceptors (Lipinski definition) is 6. The number of aromatic nitrogens is 2. The molecule has 32 heavy (non-hydrogen) atoms. The number of rotatable bonds is 9. The molecule has 0 aliphatic carbocycles. The van der Waals surface area contributed by atoms with E-state index in [1.807, 2.05) is 48.5 Å². The molecule has 4 rings (SSSR count). The standard InChI is InChI=1S/C25H24FN3O2S/c1-30-22-12-11-17(15-23(22)31-2)13-14-27-24-19-8-4-6-10-21(19)28-25(29-24)32-16-18-7-3-5-9-20(18)26/h3-12,15H,13-14,16H2,1-2H3,(H,27,28,29). The maximum absolute atomic E-state index is 14.0. The van der Waals surface area contributed by atoms with Gasteiger partial charge in [0.05, 0.1) is 19.7 Å². The maximum Gasteiger partial charge on any atom is 0.190 e. The summed E-state index contributed by atoms with van der Waals surface area (Å²) in [6.45, 7) is 0.688. The van der Waals surface area contributed by atoms with E-state index in [0.29, 0.717) is 34.5 Å². The van der Waals surface area contributed by atoms with Crippen LogP contribution in [0, 0.1) is 5.82 Å². The Balaban J connectivity index is 1.49. The largest absolute Gasteiger partial charge is 0.493 e. The topological polar surface area (TPSA) is 56.3 Å². The Morgan fingerprint density at radius 1 is 0.906 bits per heavy atom. The molecule has 0 atom stereocenters. The van der Waals surface area contributed by atoms with Crippen molar-refractivity contribution in [2.45, 2.75) is 17.3 Å². The number of halogens is 1. The number of nitrogens with zero attached hydrogens (tertiary/aromatic N) is 2. The van der Waals surface area contributed by atoms with Crippen molar-refractivity contribution >= 4 is 28.5 Å². The third-order valence-corrected chi connectivity index (χ3v) is 5.95. The first-order valence-electron chi connectivity index (χ1n) is 10.3. The Labute approximate surface area is 191 Å². The van der Waals surface area contributed by atoms with Crippen LogP contribution in [0.4, 0.5) is 10.2 Å². The van der Waals surface area contributed by atoms with Crippen molar-refractivity contribution in [2.24, 2.45) is 0 Å². The number of fused-ring (bicyclic) bond motifs is 1. The third-order valence-electron chi connectivity index (χ3n) is 5.05. The highest BCUT2D eigenvalue weighted by molar-refractivity contribution is 7.98. The lowest BCUT2D eigenvalue weighted by Gasteiger charge is -2.12. The Bertz CT molecular complexity index is 1220. The number of thioether (sulfide) groups is 1. The van der Waals surface area contributed by atoms with Gasteiger partial charge >= 0.3 is 0 Å². The van der Waals surface area contributed by atoms with Crippen molar-refractivity contribution in [3.05, 3.63) is 83.7 Å². The molecule has 0 aliphatic rings. The van der Waals surface area contributed by atoms with Crippen molar-refractivity contribution < 1.29 is 13.9 Å². The first kappa shape index (κ1) is 21.9. The lowest BCUT2D eigenvalue weighted by Crippen LogP contribution is -2.08. The van der Waals surface area contributed by atoms with E-state index in [9.17, 15) is 4.39 Å². The highest BCUT2D eigenvalue weighted by atomic mass is 32.2. The summed E-state index contributed by atoms with van der Waals surface area (Å²) in [5, 5.41) is 5.01. The van der Waals surface area contributed by atoms with Crippen LogP contribution in [0.3, 0.4) is 0 Å². The van der Waals surface area contributed by atoms with Crippen LogP contribution in [0.15, 0.2) is 71.9 Å². The first-order chi connectivity index (χ1) is 15.7. The maximum atomic E-state index is 14.0. The number of hydrogen-bond donors (Lipinski definition) is 1. The summed E-state index contributed by atoms with van der Waals surface area (Å²) in [5.74, 6) is 2.45. The van der Waals surface area contributed by atoms with Gasteiger partial charge in [-0.25, -0.2) is 14.4 Å². The lowest BCUT2D eigenvalue weighted by atomic mass is 10.1. The second-order valence-corrected chi connectivity index (χ2v) is 8.06. The number of methoxy groups -OCH3 is 2. The van der Waals surface area contributed by atoms with Gasteiger partial charge in [0.25, 0.3) is 0 Å². The molecule has 0 amide bonds. The summed E-state index contributed by atoms with van der Waals surface area (Å²) in [6.07, 6.45) is 0.788. The number of nitrogens with one attached hydrogen (secondary N) is 1. The van der Waals surface area contributed by atoms with E-state index in [1.165, 1.54) is 17.8 Å². The Kier molecular flexibility index (Phi) is 7.07. The van der Waals surface area contributed by atoms with E-state index in [-0.39, 0.29) is 5.82 Å². The summed E-state index contributed by atoms with van der Waals surface area (Å²) in [4.78, 5) is 9.36. The number of ether oxygens (including phenoxy) is 2. The van der Waals surface area contributed by atoms with Gasteiger partial charge in [0.15, 0.2) is 16.7 Å². The van der Waals surface area contributed by atoms with Crippen molar-refractivity contribution in [2.75, 3.05) is 26.1 Å². The normalized spacial score (nSPS) is 10.8. The molecule has 0 aliphatic heterocycles. The van der Waals surface area contributed by atoms with Gasteiger partial charge in [-0.2, -0.15) is 0 Å².